The number of rotatable bonds is 6. The molecular formula is C18H16FN3OS. The highest BCUT2D eigenvalue weighted by Gasteiger charge is 2.13. The van der Waals surface area contributed by atoms with Crippen molar-refractivity contribution in [3.05, 3.63) is 77.4 Å². The summed E-state index contributed by atoms with van der Waals surface area (Å²) >= 11 is 1.34. The number of nitrogens with zero attached hydrogens (tertiary/aromatic N) is 3. The molecule has 0 radical (unpaired) electrons. The lowest BCUT2D eigenvalue weighted by molar-refractivity contribution is 0.102. The molecule has 2 aromatic carbocycles. The number of aryl methyl sites for hydroxylation is 1. The number of halogens is 1. The molecule has 0 spiro atoms. The summed E-state index contributed by atoms with van der Waals surface area (Å²) < 4.78 is 14.9. The molecular weight excluding hydrogens is 325 g/mol. The third kappa shape index (κ3) is 3.89. The molecule has 0 amide bonds. The van der Waals surface area contributed by atoms with Gasteiger partial charge in [-0.2, -0.15) is 0 Å². The lowest BCUT2D eigenvalue weighted by Crippen LogP contribution is -2.07. The Kier molecular flexibility index (Phi) is 5.05. The van der Waals surface area contributed by atoms with Crippen LogP contribution in [0.25, 0.3) is 0 Å². The topological polar surface area (TPSA) is 47.8 Å². The first-order valence-electron chi connectivity index (χ1n) is 7.49. The van der Waals surface area contributed by atoms with Crippen LogP contribution in [0, 0.1) is 12.7 Å². The number of thioether (sulfide) groups is 1. The van der Waals surface area contributed by atoms with Gasteiger partial charge in [-0.05, 0) is 36.8 Å². The molecule has 0 saturated heterocycles. The number of hydrogen-bond acceptors (Lipinski definition) is 4. The summed E-state index contributed by atoms with van der Waals surface area (Å²) in [5.41, 5.74) is 1.64. The molecule has 122 valence electrons. The minimum atomic E-state index is -0.350. The van der Waals surface area contributed by atoms with Crippen molar-refractivity contribution in [3.63, 3.8) is 0 Å². The fraction of sp³-hybridized carbons (Fsp3) is 0.167. The fourth-order valence-corrected chi connectivity index (χ4v) is 3.14. The highest BCUT2D eigenvalue weighted by atomic mass is 32.2. The zero-order valence-electron chi connectivity index (χ0n) is 13.1. The predicted molar refractivity (Wildman–Crippen MR) is 91.8 cm³/mol. The minimum Gasteiger partial charge on any atom is -0.302 e. The molecule has 3 rings (SSSR count). The van der Waals surface area contributed by atoms with Crippen LogP contribution in [0.4, 0.5) is 4.39 Å². The first-order valence-corrected chi connectivity index (χ1v) is 8.47. The molecule has 0 aliphatic carbocycles. The van der Waals surface area contributed by atoms with Crippen molar-refractivity contribution in [2.45, 2.75) is 18.6 Å². The highest BCUT2D eigenvalue weighted by Crippen LogP contribution is 2.20. The molecule has 0 fully saturated rings. The minimum absolute atomic E-state index is 0.0630. The van der Waals surface area contributed by atoms with Crippen LogP contribution >= 0.6 is 11.8 Å². The average molecular weight is 341 g/mol. The quantitative estimate of drug-likeness (QED) is 0.506. The van der Waals surface area contributed by atoms with Crippen LogP contribution in [-0.4, -0.2) is 26.3 Å². The molecule has 0 bridgehead atoms. The van der Waals surface area contributed by atoms with E-state index in [2.05, 4.69) is 10.2 Å². The summed E-state index contributed by atoms with van der Waals surface area (Å²) in [6.45, 7) is 2.55. The Morgan fingerprint density at radius 2 is 1.79 bits per heavy atom. The summed E-state index contributed by atoms with van der Waals surface area (Å²) in [7, 11) is 0. The van der Waals surface area contributed by atoms with E-state index in [1.54, 1.807) is 0 Å². The third-order valence-electron chi connectivity index (χ3n) is 3.58. The van der Waals surface area contributed by atoms with E-state index < -0.39 is 0 Å². The van der Waals surface area contributed by atoms with E-state index in [1.807, 2.05) is 41.8 Å². The normalized spacial score (nSPS) is 10.8. The van der Waals surface area contributed by atoms with Gasteiger partial charge < -0.3 is 4.57 Å². The average Bonchev–Trinajstić information content (AvgIpc) is 2.94. The van der Waals surface area contributed by atoms with Gasteiger partial charge in [-0.3, -0.25) is 4.79 Å². The number of ketones is 1. The van der Waals surface area contributed by atoms with Crippen LogP contribution < -0.4 is 0 Å². The van der Waals surface area contributed by atoms with Gasteiger partial charge in [-0.25, -0.2) is 4.39 Å². The molecule has 0 saturated carbocycles. The SMILES string of the molecule is Cc1nnc(SCC(=O)c2ccc(F)cc2)n1Cc1ccccc1. The maximum absolute atomic E-state index is 12.9. The Bertz CT molecular complexity index is 831. The summed E-state index contributed by atoms with van der Waals surface area (Å²) in [5, 5.41) is 8.96. The van der Waals surface area contributed by atoms with Crippen LogP contribution in [0.15, 0.2) is 59.8 Å². The summed E-state index contributed by atoms with van der Waals surface area (Å²) in [5.74, 6) is 0.624. The second kappa shape index (κ2) is 7.40. The fourth-order valence-electron chi connectivity index (χ4n) is 2.27. The Balaban J connectivity index is 1.69. The standard InChI is InChI=1S/C18H16FN3OS/c1-13-20-21-18(22(13)11-14-5-3-2-4-6-14)24-12-17(23)15-7-9-16(19)10-8-15/h2-10H,11-12H2,1H3. The third-order valence-corrected chi connectivity index (χ3v) is 4.55. The predicted octanol–water partition coefficient (Wildman–Crippen LogP) is 3.75. The molecule has 0 aliphatic rings. The van der Waals surface area contributed by atoms with E-state index in [4.69, 9.17) is 0 Å². The van der Waals surface area contributed by atoms with Crippen molar-refractivity contribution in [2.75, 3.05) is 5.75 Å². The molecule has 1 heterocycles. The van der Waals surface area contributed by atoms with Gasteiger partial charge in [0, 0.05) is 5.56 Å². The maximum Gasteiger partial charge on any atom is 0.191 e. The van der Waals surface area contributed by atoms with Gasteiger partial charge in [-0.15, -0.1) is 10.2 Å². The monoisotopic (exact) mass is 341 g/mol. The molecule has 3 aromatic rings. The molecule has 1 aromatic heterocycles. The van der Waals surface area contributed by atoms with Crippen molar-refractivity contribution < 1.29 is 9.18 Å². The van der Waals surface area contributed by atoms with E-state index in [0.717, 1.165) is 11.4 Å². The zero-order valence-corrected chi connectivity index (χ0v) is 14.0. The Morgan fingerprint density at radius 1 is 1.08 bits per heavy atom. The van der Waals surface area contributed by atoms with Gasteiger partial charge in [-0.1, -0.05) is 42.1 Å². The van der Waals surface area contributed by atoms with Crippen molar-refractivity contribution >= 4 is 17.5 Å². The summed E-state index contributed by atoms with van der Waals surface area (Å²) in [6.07, 6.45) is 0. The first kappa shape index (κ1) is 16.4. The molecule has 24 heavy (non-hydrogen) atoms. The van der Waals surface area contributed by atoms with Crippen LogP contribution in [0.1, 0.15) is 21.7 Å². The van der Waals surface area contributed by atoms with Crippen LogP contribution in [0.5, 0.6) is 0 Å². The second-order valence-electron chi connectivity index (χ2n) is 5.32. The maximum atomic E-state index is 12.9. The summed E-state index contributed by atoms with van der Waals surface area (Å²) in [6, 6.07) is 15.6. The highest BCUT2D eigenvalue weighted by molar-refractivity contribution is 7.99. The number of benzene rings is 2. The molecule has 0 unspecified atom stereocenters. The Morgan fingerprint density at radius 3 is 2.50 bits per heavy atom. The lowest BCUT2D eigenvalue weighted by Gasteiger charge is -2.08. The number of aromatic nitrogens is 3. The van der Waals surface area contributed by atoms with Crippen LogP contribution in [0.2, 0.25) is 0 Å². The van der Waals surface area contributed by atoms with Gasteiger partial charge in [0.1, 0.15) is 11.6 Å². The van der Waals surface area contributed by atoms with E-state index >= 15 is 0 Å². The zero-order chi connectivity index (χ0) is 16.9. The van der Waals surface area contributed by atoms with E-state index in [0.29, 0.717) is 17.3 Å². The molecule has 0 aliphatic heterocycles. The Labute approximate surface area is 143 Å². The van der Waals surface area contributed by atoms with Crippen LogP contribution in [0.3, 0.4) is 0 Å². The van der Waals surface area contributed by atoms with Crippen molar-refractivity contribution in [1.29, 1.82) is 0 Å². The van der Waals surface area contributed by atoms with Gasteiger partial charge in [0.2, 0.25) is 0 Å². The number of carbonyl (C=O) groups excluding carboxylic acids is 1. The van der Waals surface area contributed by atoms with Crippen molar-refractivity contribution in [1.82, 2.24) is 14.8 Å². The van der Waals surface area contributed by atoms with Crippen LogP contribution in [-0.2, 0) is 6.54 Å². The number of Topliss-reactive ketones (excluding diaryl/α,β-unsaturated/α-hetero) is 1. The molecule has 6 heteroatoms. The molecule has 4 nitrogen and oxygen atoms in total. The lowest BCUT2D eigenvalue weighted by atomic mass is 10.1. The summed E-state index contributed by atoms with van der Waals surface area (Å²) in [4.78, 5) is 12.2. The van der Waals surface area contributed by atoms with Crippen molar-refractivity contribution in [3.8, 4) is 0 Å². The second-order valence-corrected chi connectivity index (χ2v) is 6.26. The molecule has 0 N–H and O–H groups in total. The van der Waals surface area contributed by atoms with Gasteiger partial charge >= 0.3 is 0 Å². The van der Waals surface area contributed by atoms with E-state index in [9.17, 15) is 9.18 Å². The smallest absolute Gasteiger partial charge is 0.191 e. The Hall–Kier alpha value is -2.47. The number of carbonyl (C=O) groups is 1. The largest absolute Gasteiger partial charge is 0.302 e. The van der Waals surface area contributed by atoms with E-state index in [1.165, 1.54) is 36.0 Å². The molecule has 0 atom stereocenters. The van der Waals surface area contributed by atoms with E-state index in [-0.39, 0.29) is 17.4 Å². The van der Waals surface area contributed by atoms with Gasteiger partial charge in [0.25, 0.3) is 0 Å². The number of hydrogen-bond donors (Lipinski definition) is 0. The van der Waals surface area contributed by atoms with Gasteiger partial charge in [0.05, 0.1) is 12.3 Å². The van der Waals surface area contributed by atoms with Gasteiger partial charge in [0.15, 0.2) is 10.9 Å². The van der Waals surface area contributed by atoms with Crippen molar-refractivity contribution in [2.24, 2.45) is 0 Å². The first-order chi connectivity index (χ1) is 11.6.